The minimum absolute atomic E-state index is 0.218. The van der Waals surface area contributed by atoms with Crippen LogP contribution in [0.5, 0.6) is 0 Å². The highest BCUT2D eigenvalue weighted by Crippen LogP contribution is 2.25. The van der Waals surface area contributed by atoms with Gasteiger partial charge in [-0.3, -0.25) is 15.0 Å². The molecular weight excluding hydrogens is 408 g/mol. The molecule has 3 aromatic heterocycles. The number of rotatable bonds is 7. The summed E-state index contributed by atoms with van der Waals surface area (Å²) in [4.78, 5) is 21.2. The number of aliphatic imine (C=N–C) groups is 1. The molecule has 32 heavy (non-hydrogen) atoms. The van der Waals surface area contributed by atoms with Gasteiger partial charge in [0.05, 0.1) is 11.9 Å². The van der Waals surface area contributed by atoms with Gasteiger partial charge in [-0.1, -0.05) is 31.2 Å². The van der Waals surface area contributed by atoms with Crippen molar-refractivity contribution in [3.63, 3.8) is 0 Å². The van der Waals surface area contributed by atoms with E-state index in [1.807, 2.05) is 36.4 Å². The largest absolute Gasteiger partial charge is 0.280 e. The van der Waals surface area contributed by atoms with Gasteiger partial charge in [-0.05, 0) is 47.4 Å². The molecule has 0 bridgehead atoms. The van der Waals surface area contributed by atoms with E-state index in [4.69, 9.17) is 4.99 Å². The first-order valence-electron chi connectivity index (χ1n) is 10.2. The summed E-state index contributed by atoms with van der Waals surface area (Å²) in [6.07, 6.45) is 7.02. The molecular formula is C25H21F2N5. The third-order valence-corrected chi connectivity index (χ3v) is 4.99. The van der Waals surface area contributed by atoms with Crippen LogP contribution in [0, 0.1) is 0 Å². The molecule has 5 nitrogen and oxygen atoms in total. The standard InChI is InChI=1S/C25H21F2N5/c1-2-21(32-24-8-7-20(15-31-24)23-16-28-11-12-30-23)13-17-3-5-18(6-4-17)19-9-10-29-22(14-19)25(26)27/h3-12,14-16,25H,2,13H2,1H3. The number of alkyl halides is 2. The van der Waals surface area contributed by atoms with Crippen LogP contribution in [0.2, 0.25) is 0 Å². The molecule has 1 aromatic carbocycles. The Hall–Kier alpha value is -3.87. The van der Waals surface area contributed by atoms with E-state index in [0.717, 1.165) is 40.1 Å². The molecule has 0 N–H and O–H groups in total. The molecule has 0 saturated carbocycles. The fraction of sp³-hybridized carbons (Fsp3) is 0.160. The van der Waals surface area contributed by atoms with Crippen molar-refractivity contribution in [2.24, 2.45) is 4.99 Å². The predicted molar refractivity (Wildman–Crippen MR) is 121 cm³/mol. The second-order valence-corrected chi connectivity index (χ2v) is 7.17. The molecule has 0 aliphatic rings. The van der Waals surface area contributed by atoms with Crippen molar-refractivity contribution in [1.82, 2.24) is 19.9 Å². The third kappa shape index (κ3) is 5.24. The molecule has 0 unspecified atom stereocenters. The lowest BCUT2D eigenvalue weighted by Crippen LogP contribution is -2.01. The van der Waals surface area contributed by atoms with E-state index in [9.17, 15) is 8.78 Å². The van der Waals surface area contributed by atoms with Gasteiger partial charge in [0.1, 0.15) is 5.69 Å². The van der Waals surface area contributed by atoms with Crippen LogP contribution in [0.4, 0.5) is 14.6 Å². The Labute approximate surface area is 185 Å². The number of halogens is 2. The predicted octanol–water partition coefficient (Wildman–Crippen LogP) is 6.26. The van der Waals surface area contributed by atoms with E-state index >= 15 is 0 Å². The number of benzene rings is 1. The van der Waals surface area contributed by atoms with Crippen molar-refractivity contribution in [2.45, 2.75) is 26.2 Å². The van der Waals surface area contributed by atoms with E-state index in [1.165, 1.54) is 12.3 Å². The lowest BCUT2D eigenvalue weighted by Gasteiger charge is -2.08. The molecule has 0 spiro atoms. The van der Waals surface area contributed by atoms with Crippen molar-refractivity contribution in [2.75, 3.05) is 0 Å². The highest BCUT2D eigenvalue weighted by molar-refractivity contribution is 5.88. The van der Waals surface area contributed by atoms with Crippen molar-refractivity contribution in [3.8, 4) is 22.4 Å². The summed E-state index contributed by atoms with van der Waals surface area (Å²) in [5, 5.41) is 0. The van der Waals surface area contributed by atoms with Crippen molar-refractivity contribution in [1.29, 1.82) is 0 Å². The minimum Gasteiger partial charge on any atom is -0.261 e. The number of hydrogen-bond donors (Lipinski definition) is 0. The fourth-order valence-corrected chi connectivity index (χ4v) is 3.26. The molecule has 0 aliphatic carbocycles. The van der Waals surface area contributed by atoms with Crippen LogP contribution in [0.1, 0.15) is 31.0 Å². The molecule has 0 aliphatic heterocycles. The lowest BCUT2D eigenvalue weighted by molar-refractivity contribution is 0.146. The van der Waals surface area contributed by atoms with E-state index in [0.29, 0.717) is 12.2 Å². The Bertz CT molecular complexity index is 1190. The molecule has 3 heterocycles. The maximum atomic E-state index is 12.9. The summed E-state index contributed by atoms with van der Waals surface area (Å²) >= 11 is 0. The minimum atomic E-state index is -2.58. The Kier molecular flexibility index (Phi) is 6.65. The molecule has 160 valence electrons. The van der Waals surface area contributed by atoms with Gasteiger partial charge in [-0.25, -0.2) is 18.8 Å². The first-order valence-corrected chi connectivity index (χ1v) is 10.2. The van der Waals surface area contributed by atoms with E-state index in [-0.39, 0.29) is 5.69 Å². The zero-order valence-corrected chi connectivity index (χ0v) is 17.5. The Morgan fingerprint density at radius 2 is 1.66 bits per heavy atom. The molecule has 0 amide bonds. The van der Waals surface area contributed by atoms with Crippen LogP contribution in [0.15, 0.2) is 84.5 Å². The second-order valence-electron chi connectivity index (χ2n) is 7.17. The third-order valence-electron chi connectivity index (χ3n) is 4.99. The lowest BCUT2D eigenvalue weighted by atomic mass is 10.0. The van der Waals surface area contributed by atoms with E-state index in [1.54, 1.807) is 30.9 Å². The molecule has 0 saturated heterocycles. The van der Waals surface area contributed by atoms with Gasteiger partial charge >= 0.3 is 0 Å². The van der Waals surface area contributed by atoms with Gasteiger partial charge in [0, 0.05) is 42.5 Å². The number of hydrogen-bond acceptors (Lipinski definition) is 5. The Morgan fingerprint density at radius 1 is 0.844 bits per heavy atom. The normalized spacial score (nSPS) is 11.7. The molecule has 4 rings (SSSR count). The highest BCUT2D eigenvalue weighted by atomic mass is 19.3. The number of nitrogens with zero attached hydrogens (tertiary/aromatic N) is 5. The van der Waals surface area contributed by atoms with Crippen LogP contribution in [0.25, 0.3) is 22.4 Å². The molecule has 0 radical (unpaired) electrons. The summed E-state index contributed by atoms with van der Waals surface area (Å²) in [5.74, 6) is 0.641. The van der Waals surface area contributed by atoms with Gasteiger partial charge in [0.15, 0.2) is 5.82 Å². The summed E-state index contributed by atoms with van der Waals surface area (Å²) in [6, 6.07) is 14.8. The van der Waals surface area contributed by atoms with Crippen LogP contribution >= 0.6 is 0 Å². The zero-order valence-electron chi connectivity index (χ0n) is 17.5. The van der Waals surface area contributed by atoms with E-state index < -0.39 is 6.43 Å². The maximum Gasteiger partial charge on any atom is 0.280 e. The quantitative estimate of drug-likeness (QED) is 0.325. The van der Waals surface area contributed by atoms with Gasteiger partial charge < -0.3 is 0 Å². The number of pyridine rings is 2. The summed E-state index contributed by atoms with van der Waals surface area (Å²) in [6.45, 7) is 2.06. The van der Waals surface area contributed by atoms with Crippen LogP contribution < -0.4 is 0 Å². The van der Waals surface area contributed by atoms with Gasteiger partial charge in [-0.15, -0.1) is 0 Å². The summed E-state index contributed by atoms with van der Waals surface area (Å²) < 4.78 is 25.8. The van der Waals surface area contributed by atoms with Gasteiger partial charge in [0.25, 0.3) is 6.43 Å². The van der Waals surface area contributed by atoms with Crippen molar-refractivity contribution < 1.29 is 8.78 Å². The first kappa shape index (κ1) is 21.4. The molecule has 0 atom stereocenters. The average molecular weight is 429 g/mol. The van der Waals surface area contributed by atoms with Gasteiger partial charge in [-0.2, -0.15) is 0 Å². The van der Waals surface area contributed by atoms with E-state index in [2.05, 4.69) is 26.9 Å². The van der Waals surface area contributed by atoms with Crippen LogP contribution in [-0.4, -0.2) is 25.6 Å². The average Bonchev–Trinajstić information content (AvgIpc) is 2.85. The maximum absolute atomic E-state index is 12.9. The highest BCUT2D eigenvalue weighted by Gasteiger charge is 2.10. The number of aromatic nitrogens is 4. The molecule has 4 aromatic rings. The fourth-order valence-electron chi connectivity index (χ4n) is 3.26. The Balaban J connectivity index is 1.47. The monoisotopic (exact) mass is 429 g/mol. The molecule has 0 fully saturated rings. The Morgan fingerprint density at radius 3 is 2.31 bits per heavy atom. The van der Waals surface area contributed by atoms with Crippen molar-refractivity contribution in [3.05, 3.63) is 90.8 Å². The smallest absolute Gasteiger partial charge is 0.261 e. The SMILES string of the molecule is CCC(Cc1ccc(-c2ccnc(C(F)F)c2)cc1)=Nc1ccc(-c2cnccn2)cn1. The first-order chi connectivity index (χ1) is 15.6. The topological polar surface area (TPSA) is 63.9 Å². The van der Waals surface area contributed by atoms with Crippen LogP contribution in [0.3, 0.4) is 0 Å². The second kappa shape index (κ2) is 9.96. The summed E-state index contributed by atoms with van der Waals surface area (Å²) in [7, 11) is 0. The summed E-state index contributed by atoms with van der Waals surface area (Å²) in [5.41, 5.74) is 5.12. The van der Waals surface area contributed by atoms with Crippen LogP contribution in [-0.2, 0) is 6.42 Å². The van der Waals surface area contributed by atoms with Gasteiger partial charge in [0.2, 0.25) is 0 Å². The molecule has 7 heteroatoms. The zero-order chi connectivity index (χ0) is 22.3. The van der Waals surface area contributed by atoms with Crippen molar-refractivity contribution >= 4 is 11.5 Å².